The molecule has 2 aromatic rings. The summed E-state index contributed by atoms with van der Waals surface area (Å²) in [6.07, 6.45) is 0. The summed E-state index contributed by atoms with van der Waals surface area (Å²) in [7, 11) is 2.09. The van der Waals surface area contributed by atoms with Crippen LogP contribution in [-0.2, 0) is 13.6 Å². The Morgan fingerprint density at radius 1 is 1.38 bits per heavy atom. The maximum Gasteiger partial charge on any atom is 0.0484 e. The lowest BCUT2D eigenvalue weighted by Crippen LogP contribution is -2.05. The van der Waals surface area contributed by atoms with Crippen LogP contribution in [0.15, 0.2) is 18.2 Å². The van der Waals surface area contributed by atoms with Crippen LogP contribution >= 0.6 is 11.6 Å². The second kappa shape index (κ2) is 4.11. The van der Waals surface area contributed by atoms with Gasteiger partial charge in [-0.1, -0.05) is 25.4 Å². The van der Waals surface area contributed by atoms with Gasteiger partial charge in [-0.15, -0.1) is 0 Å². The molecule has 0 aliphatic carbocycles. The van der Waals surface area contributed by atoms with E-state index in [1.807, 2.05) is 12.1 Å². The molecule has 2 nitrogen and oxygen atoms in total. The lowest BCUT2D eigenvalue weighted by Gasteiger charge is -2.10. The molecule has 1 aromatic carbocycles. The molecular weight excluding hydrogens is 220 g/mol. The Balaban J connectivity index is 2.85. The lowest BCUT2D eigenvalue weighted by atomic mass is 10.0. The van der Waals surface area contributed by atoms with Gasteiger partial charge in [0.1, 0.15) is 0 Å². The molecular formula is C13H17ClN2. The van der Waals surface area contributed by atoms with E-state index in [0.717, 1.165) is 5.02 Å². The zero-order chi connectivity index (χ0) is 11.9. The summed E-state index contributed by atoms with van der Waals surface area (Å²) in [6, 6.07) is 5.99. The number of benzene rings is 1. The number of nitrogens with two attached hydrogens (primary N) is 1. The van der Waals surface area contributed by atoms with Gasteiger partial charge >= 0.3 is 0 Å². The predicted molar refractivity (Wildman–Crippen MR) is 69.9 cm³/mol. The van der Waals surface area contributed by atoms with Gasteiger partial charge in [0.2, 0.25) is 0 Å². The summed E-state index contributed by atoms with van der Waals surface area (Å²) >= 11 is 6.04. The van der Waals surface area contributed by atoms with Crippen molar-refractivity contribution in [2.45, 2.75) is 26.3 Å². The Hall–Kier alpha value is -0.990. The summed E-state index contributed by atoms with van der Waals surface area (Å²) < 4.78 is 2.22. The highest BCUT2D eigenvalue weighted by Gasteiger charge is 2.16. The van der Waals surface area contributed by atoms with Gasteiger partial charge in [-0.3, -0.25) is 0 Å². The Kier molecular flexibility index (Phi) is 2.96. The zero-order valence-electron chi connectivity index (χ0n) is 9.92. The third-order valence-corrected chi connectivity index (χ3v) is 3.30. The summed E-state index contributed by atoms with van der Waals surface area (Å²) in [6.45, 7) is 4.94. The fourth-order valence-electron chi connectivity index (χ4n) is 2.46. The number of aromatic nitrogens is 1. The third kappa shape index (κ3) is 1.62. The second-order valence-corrected chi connectivity index (χ2v) is 4.88. The molecule has 0 bridgehead atoms. The summed E-state index contributed by atoms with van der Waals surface area (Å²) in [5.74, 6) is 0.467. The molecule has 0 unspecified atom stereocenters. The normalized spacial score (nSPS) is 11.6. The van der Waals surface area contributed by atoms with E-state index in [0.29, 0.717) is 12.5 Å². The van der Waals surface area contributed by atoms with Gasteiger partial charge < -0.3 is 10.3 Å². The SMILES string of the molecule is CC(C)c1c(CN)c2cc(Cl)ccc2n1C. The Bertz CT molecular complexity index is 526. The van der Waals surface area contributed by atoms with Crippen molar-refractivity contribution in [2.24, 2.45) is 12.8 Å². The van der Waals surface area contributed by atoms with Gasteiger partial charge in [-0.25, -0.2) is 0 Å². The molecule has 1 heterocycles. The van der Waals surface area contributed by atoms with Crippen molar-refractivity contribution in [3.63, 3.8) is 0 Å². The van der Waals surface area contributed by atoms with Crippen LogP contribution < -0.4 is 5.73 Å². The van der Waals surface area contributed by atoms with Gasteiger partial charge in [0.05, 0.1) is 0 Å². The fraction of sp³-hybridized carbons (Fsp3) is 0.385. The van der Waals surface area contributed by atoms with E-state index in [9.17, 15) is 0 Å². The monoisotopic (exact) mass is 236 g/mol. The molecule has 86 valence electrons. The van der Waals surface area contributed by atoms with E-state index >= 15 is 0 Å². The van der Waals surface area contributed by atoms with Crippen LogP contribution in [0.25, 0.3) is 10.9 Å². The first kappa shape index (κ1) is 11.5. The van der Waals surface area contributed by atoms with Crippen molar-refractivity contribution in [1.29, 1.82) is 0 Å². The molecule has 0 saturated carbocycles. The minimum Gasteiger partial charge on any atom is -0.347 e. The molecule has 0 aliphatic heterocycles. The van der Waals surface area contributed by atoms with Crippen molar-refractivity contribution in [1.82, 2.24) is 4.57 Å². The van der Waals surface area contributed by atoms with Crippen molar-refractivity contribution >= 4 is 22.5 Å². The van der Waals surface area contributed by atoms with Crippen LogP contribution in [0.3, 0.4) is 0 Å². The van der Waals surface area contributed by atoms with Gasteiger partial charge in [0.15, 0.2) is 0 Å². The summed E-state index contributed by atoms with van der Waals surface area (Å²) in [5, 5.41) is 1.95. The van der Waals surface area contributed by atoms with E-state index in [1.54, 1.807) is 0 Å². The van der Waals surface area contributed by atoms with Crippen LogP contribution in [0.5, 0.6) is 0 Å². The quantitative estimate of drug-likeness (QED) is 0.851. The molecule has 0 atom stereocenters. The number of fused-ring (bicyclic) bond motifs is 1. The van der Waals surface area contributed by atoms with Gasteiger partial charge in [-0.2, -0.15) is 0 Å². The van der Waals surface area contributed by atoms with Gasteiger partial charge in [0, 0.05) is 35.2 Å². The minimum atomic E-state index is 0.467. The highest BCUT2D eigenvalue weighted by atomic mass is 35.5. The fourth-order valence-corrected chi connectivity index (χ4v) is 2.64. The molecule has 1 aromatic heterocycles. The summed E-state index contributed by atoms with van der Waals surface area (Å²) in [4.78, 5) is 0. The number of rotatable bonds is 2. The lowest BCUT2D eigenvalue weighted by molar-refractivity contribution is 0.739. The maximum absolute atomic E-state index is 6.04. The molecule has 2 N–H and O–H groups in total. The van der Waals surface area contributed by atoms with E-state index < -0.39 is 0 Å². The Morgan fingerprint density at radius 2 is 2.06 bits per heavy atom. The number of hydrogen-bond acceptors (Lipinski definition) is 1. The maximum atomic E-state index is 6.04. The average molecular weight is 237 g/mol. The molecule has 0 spiro atoms. The van der Waals surface area contributed by atoms with Crippen LogP contribution in [0, 0.1) is 0 Å². The van der Waals surface area contributed by atoms with Gasteiger partial charge in [-0.05, 0) is 29.7 Å². The predicted octanol–water partition coefficient (Wildman–Crippen LogP) is 3.41. The molecule has 0 amide bonds. The first-order valence-corrected chi connectivity index (χ1v) is 5.90. The molecule has 0 radical (unpaired) electrons. The van der Waals surface area contributed by atoms with Crippen LogP contribution in [-0.4, -0.2) is 4.57 Å². The van der Waals surface area contributed by atoms with E-state index in [4.69, 9.17) is 17.3 Å². The zero-order valence-corrected chi connectivity index (χ0v) is 10.7. The third-order valence-electron chi connectivity index (χ3n) is 3.07. The number of aryl methyl sites for hydroxylation is 1. The summed E-state index contributed by atoms with van der Waals surface area (Å²) in [5.41, 5.74) is 9.59. The standard InChI is InChI=1S/C13H17ClN2/c1-8(2)13-11(7-15)10-6-9(14)4-5-12(10)16(13)3/h4-6,8H,7,15H2,1-3H3. The molecule has 2 rings (SSSR count). The van der Waals surface area contributed by atoms with Crippen LogP contribution in [0.4, 0.5) is 0 Å². The number of hydrogen-bond donors (Lipinski definition) is 1. The molecule has 3 heteroatoms. The van der Waals surface area contributed by atoms with Crippen molar-refractivity contribution in [2.75, 3.05) is 0 Å². The second-order valence-electron chi connectivity index (χ2n) is 4.44. The average Bonchev–Trinajstić information content (AvgIpc) is 2.50. The van der Waals surface area contributed by atoms with Crippen LogP contribution in [0.2, 0.25) is 5.02 Å². The van der Waals surface area contributed by atoms with Crippen molar-refractivity contribution in [3.05, 3.63) is 34.5 Å². The largest absolute Gasteiger partial charge is 0.347 e. The smallest absolute Gasteiger partial charge is 0.0484 e. The molecule has 0 fully saturated rings. The van der Waals surface area contributed by atoms with E-state index in [2.05, 4.69) is 31.5 Å². The topological polar surface area (TPSA) is 30.9 Å². The highest BCUT2D eigenvalue weighted by molar-refractivity contribution is 6.31. The number of nitrogens with zero attached hydrogens (tertiary/aromatic N) is 1. The highest BCUT2D eigenvalue weighted by Crippen LogP contribution is 2.31. The van der Waals surface area contributed by atoms with Gasteiger partial charge in [0.25, 0.3) is 0 Å². The van der Waals surface area contributed by atoms with Crippen molar-refractivity contribution < 1.29 is 0 Å². The van der Waals surface area contributed by atoms with Crippen molar-refractivity contribution in [3.8, 4) is 0 Å². The van der Waals surface area contributed by atoms with E-state index in [-0.39, 0.29) is 0 Å². The van der Waals surface area contributed by atoms with E-state index in [1.165, 1.54) is 22.2 Å². The Morgan fingerprint density at radius 3 is 2.62 bits per heavy atom. The first-order valence-electron chi connectivity index (χ1n) is 5.53. The first-order chi connectivity index (χ1) is 7.56. The number of halogens is 1. The molecule has 0 aliphatic rings. The minimum absolute atomic E-state index is 0.467. The molecule has 16 heavy (non-hydrogen) atoms. The molecule has 0 saturated heterocycles. The van der Waals surface area contributed by atoms with Crippen LogP contribution in [0.1, 0.15) is 31.0 Å². The Labute approximate surface area is 101 Å².